The molecule has 3 rings (SSSR count). The maximum absolute atomic E-state index is 14.0. The molecule has 0 unspecified atom stereocenters. The van der Waals surface area contributed by atoms with E-state index in [4.69, 9.17) is 17.2 Å². The Labute approximate surface area is 313 Å². The highest BCUT2D eigenvalue weighted by Crippen LogP contribution is 2.23. The third-order valence-corrected chi connectivity index (χ3v) is 9.66. The van der Waals surface area contributed by atoms with Crippen LogP contribution in [0.5, 0.6) is 0 Å². The highest BCUT2D eigenvalue weighted by atomic mass is 16.2. The van der Waals surface area contributed by atoms with Crippen molar-refractivity contribution in [3.8, 4) is 0 Å². The SMILES string of the molecule is CC(C)C[C@@H](CC(=O)[C@@H](Cc1ccccc1)NC(=O)[C@H](N)Cc1ccccc1)C(=O)N[C@H](CCCCN)C(=O)N1CCC(CC(=O)CNC(N)=O)CC1. The van der Waals surface area contributed by atoms with E-state index in [0.29, 0.717) is 64.6 Å². The van der Waals surface area contributed by atoms with Gasteiger partial charge in [-0.15, -0.1) is 0 Å². The van der Waals surface area contributed by atoms with E-state index in [1.807, 2.05) is 74.5 Å². The minimum absolute atomic E-state index is 0.0742. The maximum Gasteiger partial charge on any atom is 0.312 e. The van der Waals surface area contributed by atoms with Crippen molar-refractivity contribution in [2.45, 2.75) is 96.2 Å². The van der Waals surface area contributed by atoms with Crippen molar-refractivity contribution < 1.29 is 28.8 Å². The second-order valence-corrected chi connectivity index (χ2v) is 14.6. The van der Waals surface area contributed by atoms with Crippen molar-refractivity contribution in [3.63, 3.8) is 0 Å². The Bertz CT molecular complexity index is 1480. The summed E-state index contributed by atoms with van der Waals surface area (Å²) in [6.45, 7) is 5.14. The fraction of sp³-hybridized carbons (Fsp3) is 0.550. The van der Waals surface area contributed by atoms with Gasteiger partial charge >= 0.3 is 6.03 Å². The van der Waals surface area contributed by atoms with Gasteiger partial charge < -0.3 is 38.1 Å². The Morgan fingerprint density at radius 2 is 1.40 bits per heavy atom. The first-order valence-electron chi connectivity index (χ1n) is 18.9. The number of Topliss-reactive ketones (excluding diaryl/α,β-unsaturated/α-hetero) is 2. The smallest absolute Gasteiger partial charge is 0.312 e. The summed E-state index contributed by atoms with van der Waals surface area (Å²) in [6, 6.07) is 15.5. The maximum atomic E-state index is 14.0. The van der Waals surface area contributed by atoms with Crippen LogP contribution < -0.4 is 33.2 Å². The van der Waals surface area contributed by atoms with Crippen LogP contribution >= 0.6 is 0 Å². The van der Waals surface area contributed by atoms with Gasteiger partial charge in [-0.1, -0.05) is 74.5 Å². The predicted octanol–water partition coefficient (Wildman–Crippen LogP) is 2.39. The molecule has 0 radical (unpaired) electrons. The summed E-state index contributed by atoms with van der Waals surface area (Å²) in [5.74, 6) is -2.02. The Morgan fingerprint density at radius 1 is 0.811 bits per heavy atom. The van der Waals surface area contributed by atoms with Crippen LogP contribution in [-0.2, 0) is 36.8 Å². The van der Waals surface area contributed by atoms with Gasteiger partial charge in [-0.3, -0.25) is 24.0 Å². The van der Waals surface area contributed by atoms with Crippen molar-refractivity contribution in [2.24, 2.45) is 35.0 Å². The lowest BCUT2D eigenvalue weighted by molar-refractivity contribution is -0.139. The Balaban J connectivity index is 1.71. The molecule has 13 heteroatoms. The summed E-state index contributed by atoms with van der Waals surface area (Å²) in [6.07, 6.45) is 4.06. The molecule has 5 amide bonds. The lowest BCUT2D eigenvalue weighted by Crippen LogP contribution is -2.53. The number of primary amides is 1. The number of nitrogens with one attached hydrogen (secondary N) is 3. The molecule has 4 atom stereocenters. The number of nitrogens with two attached hydrogens (primary N) is 3. The number of carbonyl (C=O) groups is 6. The van der Waals surface area contributed by atoms with Crippen molar-refractivity contribution >= 4 is 35.3 Å². The second kappa shape index (κ2) is 22.4. The van der Waals surface area contributed by atoms with Crippen LogP contribution in [0.25, 0.3) is 0 Å². The van der Waals surface area contributed by atoms with Crippen LogP contribution in [0.15, 0.2) is 60.7 Å². The Kier molecular flexibility index (Phi) is 18.1. The number of unbranched alkanes of at least 4 members (excludes halogenated alkanes) is 1. The van der Waals surface area contributed by atoms with Crippen LogP contribution in [0.1, 0.15) is 76.3 Å². The molecule has 0 aliphatic carbocycles. The number of nitrogens with zero attached hydrogens (tertiary/aromatic N) is 1. The van der Waals surface area contributed by atoms with E-state index in [2.05, 4.69) is 16.0 Å². The summed E-state index contributed by atoms with van der Waals surface area (Å²) in [7, 11) is 0. The first-order valence-corrected chi connectivity index (χ1v) is 18.9. The number of likely N-dealkylation sites (tertiary alicyclic amines) is 1. The molecule has 9 N–H and O–H groups in total. The minimum Gasteiger partial charge on any atom is -0.352 e. The van der Waals surface area contributed by atoms with Gasteiger partial charge in [0.15, 0.2) is 11.6 Å². The number of hydrogen-bond acceptors (Lipinski definition) is 8. The third-order valence-electron chi connectivity index (χ3n) is 9.66. The normalized spacial score (nSPS) is 15.5. The topological polar surface area (TPSA) is 220 Å². The fourth-order valence-corrected chi connectivity index (χ4v) is 6.77. The highest BCUT2D eigenvalue weighted by molar-refractivity contribution is 5.95. The third kappa shape index (κ3) is 15.5. The van der Waals surface area contributed by atoms with Gasteiger partial charge in [-0.2, -0.15) is 0 Å². The predicted molar refractivity (Wildman–Crippen MR) is 204 cm³/mol. The van der Waals surface area contributed by atoms with Gasteiger partial charge in [-0.05, 0) is 80.9 Å². The average Bonchev–Trinajstić information content (AvgIpc) is 3.13. The van der Waals surface area contributed by atoms with Crippen molar-refractivity contribution in [3.05, 3.63) is 71.8 Å². The molecule has 1 aliphatic heterocycles. The van der Waals surface area contributed by atoms with Gasteiger partial charge in [0.2, 0.25) is 17.7 Å². The standard InChI is InChI=1S/C40H59N7O6/c1-27(2)21-31(25-36(49)35(24-29-13-7-4-8-14-29)46-38(51)33(42)23-28-11-5-3-6-12-28)37(50)45-34(15-9-10-18-41)39(52)47-19-16-30(17-20-47)22-32(48)26-44-40(43)53/h3-8,11-14,27,30-31,33-35H,9-10,15-26,41-42H2,1-2H3,(H,45,50)(H,46,51)(H3,43,44,53)/t31-,33+,34+,35+/m0/s1. The number of carbonyl (C=O) groups excluding carboxylic acids is 6. The largest absolute Gasteiger partial charge is 0.352 e. The number of ketones is 2. The summed E-state index contributed by atoms with van der Waals surface area (Å²) in [5.41, 5.74) is 18.9. The van der Waals surface area contributed by atoms with Crippen molar-refractivity contribution in [1.29, 1.82) is 0 Å². The molecule has 13 nitrogen and oxygen atoms in total. The van der Waals surface area contributed by atoms with Crippen LogP contribution in [0, 0.1) is 17.8 Å². The van der Waals surface area contributed by atoms with Crippen LogP contribution in [0.3, 0.4) is 0 Å². The number of piperidine rings is 1. The number of amides is 5. The molecule has 2 aromatic rings. The molecule has 1 heterocycles. The number of benzene rings is 2. The van der Waals surface area contributed by atoms with E-state index in [-0.39, 0.29) is 61.0 Å². The Morgan fingerprint density at radius 3 is 1.96 bits per heavy atom. The molecule has 1 fully saturated rings. The molecule has 0 bridgehead atoms. The van der Waals surface area contributed by atoms with E-state index in [1.54, 1.807) is 4.90 Å². The van der Waals surface area contributed by atoms with E-state index in [1.165, 1.54) is 0 Å². The van der Waals surface area contributed by atoms with Gasteiger partial charge in [0.1, 0.15) is 6.04 Å². The quantitative estimate of drug-likeness (QED) is 0.0985. The van der Waals surface area contributed by atoms with Crippen LogP contribution in [-0.4, -0.2) is 84.5 Å². The number of rotatable bonds is 22. The number of hydrogen-bond donors (Lipinski definition) is 6. The summed E-state index contributed by atoms with van der Waals surface area (Å²) < 4.78 is 0. The summed E-state index contributed by atoms with van der Waals surface area (Å²) >= 11 is 0. The van der Waals surface area contributed by atoms with Crippen molar-refractivity contribution in [1.82, 2.24) is 20.9 Å². The first kappa shape index (κ1) is 42.8. The molecule has 0 aromatic heterocycles. The van der Waals surface area contributed by atoms with Gasteiger partial charge in [0.05, 0.1) is 18.6 Å². The van der Waals surface area contributed by atoms with Gasteiger partial charge in [0.25, 0.3) is 0 Å². The van der Waals surface area contributed by atoms with Crippen molar-refractivity contribution in [2.75, 3.05) is 26.2 Å². The van der Waals surface area contributed by atoms with Crippen LogP contribution in [0.2, 0.25) is 0 Å². The zero-order valence-corrected chi connectivity index (χ0v) is 31.3. The molecule has 53 heavy (non-hydrogen) atoms. The molecule has 0 saturated carbocycles. The first-order chi connectivity index (χ1) is 25.4. The summed E-state index contributed by atoms with van der Waals surface area (Å²) in [5, 5.41) is 8.20. The molecule has 1 aliphatic rings. The summed E-state index contributed by atoms with van der Waals surface area (Å²) in [4.78, 5) is 80.1. The average molecular weight is 734 g/mol. The van der Waals surface area contributed by atoms with E-state index >= 15 is 0 Å². The zero-order valence-electron chi connectivity index (χ0n) is 31.3. The second-order valence-electron chi connectivity index (χ2n) is 14.6. The highest BCUT2D eigenvalue weighted by Gasteiger charge is 2.34. The number of urea groups is 1. The lowest BCUT2D eigenvalue weighted by Gasteiger charge is -2.35. The fourth-order valence-electron chi connectivity index (χ4n) is 6.77. The lowest BCUT2D eigenvalue weighted by atomic mass is 9.88. The molecule has 0 spiro atoms. The monoisotopic (exact) mass is 733 g/mol. The van der Waals surface area contributed by atoms with E-state index < -0.39 is 36.0 Å². The zero-order chi connectivity index (χ0) is 38.8. The Hall–Kier alpha value is -4.62. The van der Waals surface area contributed by atoms with Crippen LogP contribution in [0.4, 0.5) is 4.79 Å². The van der Waals surface area contributed by atoms with E-state index in [0.717, 1.165) is 11.1 Å². The van der Waals surface area contributed by atoms with Gasteiger partial charge in [0, 0.05) is 31.8 Å². The van der Waals surface area contributed by atoms with Gasteiger partial charge in [-0.25, -0.2) is 4.79 Å². The molecular formula is C40H59N7O6. The molecule has 2 aromatic carbocycles. The van der Waals surface area contributed by atoms with E-state index in [9.17, 15) is 28.8 Å². The molecule has 1 saturated heterocycles. The molecular weight excluding hydrogens is 674 g/mol. The minimum atomic E-state index is -0.907. The molecule has 290 valence electrons.